The van der Waals surface area contributed by atoms with Gasteiger partial charge >= 0.3 is 0 Å². The van der Waals surface area contributed by atoms with Crippen LogP contribution in [0.25, 0.3) is 0 Å². The SMILES string of the molecule is Cc1cc(C)c([Si]2(c3c(C)cc(C)cc3C)C[C@H]3CCCC(C)(C)[C@H]3O2)c(C)c1. The van der Waals surface area contributed by atoms with E-state index in [1.807, 2.05) is 0 Å². The number of fused-ring (bicyclic) bond motifs is 1. The first-order valence-electron chi connectivity index (χ1n) is 11.4. The highest BCUT2D eigenvalue weighted by Crippen LogP contribution is 2.50. The smallest absolute Gasteiger partial charge is 0.257 e. The fourth-order valence-electron chi connectivity index (χ4n) is 6.93. The number of aryl methyl sites for hydroxylation is 6. The van der Waals surface area contributed by atoms with E-state index in [2.05, 4.69) is 79.7 Å². The Morgan fingerprint density at radius 2 is 1.24 bits per heavy atom. The minimum Gasteiger partial charge on any atom is -0.404 e. The van der Waals surface area contributed by atoms with Gasteiger partial charge in [-0.1, -0.05) is 55.7 Å². The van der Waals surface area contributed by atoms with Crippen molar-refractivity contribution in [2.24, 2.45) is 11.3 Å². The molecule has 2 atom stereocenters. The zero-order valence-corrected chi connectivity index (χ0v) is 20.7. The normalized spacial score (nSPS) is 25.1. The molecule has 0 bridgehead atoms. The molecule has 1 nitrogen and oxygen atoms in total. The molecule has 0 unspecified atom stereocenters. The lowest BCUT2D eigenvalue weighted by atomic mass is 9.70. The maximum absolute atomic E-state index is 7.48. The van der Waals surface area contributed by atoms with Crippen molar-refractivity contribution < 1.29 is 4.43 Å². The number of hydrogen-bond acceptors (Lipinski definition) is 1. The molecular formula is C27H38OSi. The maximum Gasteiger partial charge on any atom is 0.257 e. The molecule has 4 rings (SSSR count). The molecular weight excluding hydrogens is 368 g/mol. The Bertz CT molecular complexity index is 851. The first-order chi connectivity index (χ1) is 13.5. The summed E-state index contributed by atoms with van der Waals surface area (Å²) in [5.41, 5.74) is 8.74. The van der Waals surface area contributed by atoms with Gasteiger partial charge in [0.1, 0.15) is 0 Å². The Morgan fingerprint density at radius 1 is 0.793 bits per heavy atom. The van der Waals surface area contributed by atoms with E-state index in [0.717, 1.165) is 0 Å². The average Bonchev–Trinajstić information content (AvgIpc) is 2.94. The lowest BCUT2D eigenvalue weighted by Crippen LogP contribution is -2.62. The molecule has 0 N–H and O–H groups in total. The Morgan fingerprint density at radius 3 is 1.66 bits per heavy atom. The van der Waals surface area contributed by atoms with Crippen LogP contribution < -0.4 is 10.4 Å². The first kappa shape index (κ1) is 20.9. The molecule has 1 heterocycles. The molecule has 0 aromatic heterocycles. The molecule has 156 valence electrons. The molecule has 1 aliphatic heterocycles. The van der Waals surface area contributed by atoms with E-state index in [0.29, 0.717) is 12.0 Å². The third-order valence-electron chi connectivity index (χ3n) is 7.63. The molecule has 0 spiro atoms. The largest absolute Gasteiger partial charge is 0.404 e. The molecule has 1 saturated heterocycles. The molecule has 2 aromatic carbocycles. The summed E-state index contributed by atoms with van der Waals surface area (Å²) in [6, 6.07) is 10.8. The zero-order valence-electron chi connectivity index (χ0n) is 19.7. The second-order valence-corrected chi connectivity index (χ2v) is 14.1. The van der Waals surface area contributed by atoms with Crippen LogP contribution in [0, 0.1) is 52.9 Å². The lowest BCUT2D eigenvalue weighted by Gasteiger charge is -2.41. The van der Waals surface area contributed by atoms with Gasteiger partial charge in [0.05, 0.1) is 6.10 Å². The molecule has 2 fully saturated rings. The first-order valence-corrected chi connectivity index (χ1v) is 13.5. The molecule has 0 radical (unpaired) electrons. The summed E-state index contributed by atoms with van der Waals surface area (Å²) >= 11 is 0. The van der Waals surface area contributed by atoms with Gasteiger partial charge in [0.25, 0.3) is 8.32 Å². The van der Waals surface area contributed by atoms with Crippen LogP contribution >= 0.6 is 0 Å². The lowest BCUT2D eigenvalue weighted by molar-refractivity contribution is 0.0162. The minimum atomic E-state index is -2.33. The third-order valence-corrected chi connectivity index (χ3v) is 12.6. The van der Waals surface area contributed by atoms with Gasteiger partial charge in [0, 0.05) is 0 Å². The standard InChI is InChI=1S/C27H38OSi/c1-17-12-19(3)24(20(4)13-17)29(25-21(5)14-18(2)15-22(25)6)16-23-10-9-11-27(7,8)26(23)28-29/h12-15,23,26H,9-11,16H2,1-8H3/t23-,26+/m1/s1. The van der Waals surface area contributed by atoms with Gasteiger partial charge in [0.15, 0.2) is 0 Å². The van der Waals surface area contributed by atoms with Gasteiger partial charge in [-0.3, -0.25) is 0 Å². The van der Waals surface area contributed by atoms with Crippen LogP contribution in [0.3, 0.4) is 0 Å². The summed E-state index contributed by atoms with van der Waals surface area (Å²) in [5.74, 6) is 0.700. The minimum absolute atomic E-state index is 0.274. The van der Waals surface area contributed by atoms with Crippen molar-refractivity contribution >= 4 is 18.7 Å². The van der Waals surface area contributed by atoms with E-state index in [4.69, 9.17) is 4.43 Å². The van der Waals surface area contributed by atoms with E-state index < -0.39 is 8.32 Å². The predicted octanol–water partition coefficient (Wildman–Crippen LogP) is 5.82. The van der Waals surface area contributed by atoms with Gasteiger partial charge in [0.2, 0.25) is 0 Å². The summed E-state index contributed by atoms with van der Waals surface area (Å²) < 4.78 is 7.48. The molecule has 2 heteroatoms. The van der Waals surface area contributed by atoms with Crippen LogP contribution in [0.5, 0.6) is 0 Å². The van der Waals surface area contributed by atoms with Crippen molar-refractivity contribution in [1.29, 1.82) is 0 Å². The number of hydrogen-bond donors (Lipinski definition) is 0. The Hall–Kier alpha value is -1.38. The van der Waals surface area contributed by atoms with Gasteiger partial charge in [-0.15, -0.1) is 0 Å². The molecule has 1 saturated carbocycles. The van der Waals surface area contributed by atoms with Gasteiger partial charge in [-0.2, -0.15) is 0 Å². The molecule has 2 aromatic rings. The Labute approximate surface area is 179 Å². The van der Waals surface area contributed by atoms with E-state index >= 15 is 0 Å². The quantitative estimate of drug-likeness (QED) is 0.571. The second kappa shape index (κ2) is 7.09. The van der Waals surface area contributed by atoms with Crippen LogP contribution in [-0.2, 0) is 4.43 Å². The topological polar surface area (TPSA) is 9.23 Å². The predicted molar refractivity (Wildman–Crippen MR) is 127 cm³/mol. The van der Waals surface area contributed by atoms with E-state index in [9.17, 15) is 0 Å². The van der Waals surface area contributed by atoms with Crippen molar-refractivity contribution in [1.82, 2.24) is 0 Å². The monoisotopic (exact) mass is 406 g/mol. The van der Waals surface area contributed by atoms with Gasteiger partial charge in [-0.25, -0.2) is 0 Å². The van der Waals surface area contributed by atoms with Crippen molar-refractivity contribution in [2.45, 2.75) is 86.8 Å². The molecule has 0 amide bonds. The van der Waals surface area contributed by atoms with Crippen molar-refractivity contribution in [3.8, 4) is 0 Å². The average molecular weight is 407 g/mol. The highest BCUT2D eigenvalue weighted by atomic mass is 28.4. The summed E-state index contributed by atoms with van der Waals surface area (Å²) in [5, 5.41) is 3.12. The second-order valence-electron chi connectivity index (χ2n) is 10.8. The fraction of sp³-hybridized carbons (Fsp3) is 0.556. The number of rotatable bonds is 2. The van der Waals surface area contributed by atoms with Crippen LogP contribution in [-0.4, -0.2) is 14.4 Å². The van der Waals surface area contributed by atoms with E-state index in [1.54, 1.807) is 10.4 Å². The molecule has 1 aliphatic carbocycles. The van der Waals surface area contributed by atoms with E-state index in [-0.39, 0.29) is 5.41 Å². The van der Waals surface area contributed by atoms with Crippen molar-refractivity contribution in [3.05, 3.63) is 57.6 Å². The van der Waals surface area contributed by atoms with Crippen LogP contribution in [0.1, 0.15) is 66.5 Å². The third kappa shape index (κ3) is 3.33. The summed E-state index contributed by atoms with van der Waals surface area (Å²) in [4.78, 5) is 0. The highest BCUT2D eigenvalue weighted by Gasteiger charge is 2.57. The van der Waals surface area contributed by atoms with E-state index in [1.165, 1.54) is 58.7 Å². The fourth-order valence-corrected chi connectivity index (χ4v) is 12.9. The maximum atomic E-state index is 7.48. The summed E-state index contributed by atoms with van der Waals surface area (Å²) in [7, 11) is -2.33. The van der Waals surface area contributed by atoms with Crippen LogP contribution in [0.2, 0.25) is 6.04 Å². The van der Waals surface area contributed by atoms with Crippen LogP contribution in [0.15, 0.2) is 24.3 Å². The summed E-state index contributed by atoms with van der Waals surface area (Å²) in [6.07, 6.45) is 4.36. The van der Waals surface area contributed by atoms with Crippen molar-refractivity contribution in [2.75, 3.05) is 0 Å². The van der Waals surface area contributed by atoms with Crippen LogP contribution in [0.4, 0.5) is 0 Å². The summed E-state index contributed by atoms with van der Waals surface area (Å²) in [6.45, 7) is 18.6. The molecule has 29 heavy (non-hydrogen) atoms. The molecule has 2 aliphatic rings. The zero-order chi connectivity index (χ0) is 21.1. The Kier molecular flexibility index (Phi) is 5.11. The van der Waals surface area contributed by atoms with Gasteiger partial charge in [-0.05, 0) is 104 Å². The van der Waals surface area contributed by atoms with Gasteiger partial charge < -0.3 is 4.43 Å². The van der Waals surface area contributed by atoms with Crippen molar-refractivity contribution in [3.63, 3.8) is 0 Å². The number of benzene rings is 2. The Balaban J connectivity index is 2.01. The highest BCUT2D eigenvalue weighted by molar-refractivity contribution is 6.99.